The number of methoxy groups -OCH3 is 2. The third-order valence-corrected chi connectivity index (χ3v) is 6.17. The number of hydrogen-bond donors (Lipinski definition) is 1. The van der Waals surface area contributed by atoms with Crippen LogP contribution in [0.2, 0.25) is 0 Å². The molecule has 2 aromatic carbocycles. The minimum Gasteiger partial charge on any atom is -0.497 e. The Morgan fingerprint density at radius 2 is 1.76 bits per heavy atom. The summed E-state index contributed by atoms with van der Waals surface area (Å²) in [6.45, 7) is 0.915. The quantitative estimate of drug-likeness (QED) is 0.297. The van der Waals surface area contributed by atoms with E-state index in [0.717, 1.165) is 25.7 Å². The minimum atomic E-state index is -0.938. The number of carbonyl (C=O) groups is 2. The van der Waals surface area contributed by atoms with Crippen LogP contribution in [0.25, 0.3) is 11.0 Å². The van der Waals surface area contributed by atoms with Gasteiger partial charge in [0.1, 0.15) is 17.1 Å². The molecule has 1 aromatic heterocycles. The second kappa shape index (κ2) is 9.64. The van der Waals surface area contributed by atoms with E-state index in [1.54, 1.807) is 42.5 Å². The van der Waals surface area contributed by atoms with Crippen LogP contribution in [0.3, 0.4) is 0 Å². The molecule has 1 saturated heterocycles. The van der Waals surface area contributed by atoms with Gasteiger partial charge in [0.15, 0.2) is 12.6 Å². The molecule has 1 aliphatic heterocycles. The second-order valence-corrected chi connectivity index (χ2v) is 8.16. The Morgan fingerprint density at radius 3 is 2.42 bits per heavy atom. The first-order chi connectivity index (χ1) is 16.0. The highest BCUT2D eigenvalue weighted by Crippen LogP contribution is 2.37. The van der Waals surface area contributed by atoms with E-state index in [1.165, 1.54) is 14.2 Å². The van der Waals surface area contributed by atoms with Crippen molar-refractivity contribution in [3.63, 3.8) is 0 Å². The van der Waals surface area contributed by atoms with Gasteiger partial charge in [-0.3, -0.25) is 4.79 Å². The number of rotatable bonds is 7. The van der Waals surface area contributed by atoms with E-state index in [-0.39, 0.29) is 17.1 Å². The SMILES string of the molecule is COCOc1ccc(OC)cc1C(=O)c1cccc2oc([N+]3(C(=O)O)CCCCCC3)cc12. The Kier molecular flexibility index (Phi) is 6.67. The molecule has 1 fully saturated rings. The third kappa shape index (κ3) is 4.31. The summed E-state index contributed by atoms with van der Waals surface area (Å²) < 4.78 is 21.7. The third-order valence-electron chi connectivity index (χ3n) is 6.17. The number of hydrogen-bond acceptors (Lipinski definition) is 6. The molecule has 174 valence electrons. The number of quaternary nitrogens is 1. The normalized spacial score (nSPS) is 15.7. The van der Waals surface area contributed by atoms with Gasteiger partial charge < -0.3 is 23.7 Å². The number of furan rings is 1. The highest BCUT2D eigenvalue weighted by molar-refractivity contribution is 6.17. The van der Waals surface area contributed by atoms with Gasteiger partial charge in [-0.25, -0.2) is 0 Å². The Morgan fingerprint density at radius 1 is 1.00 bits per heavy atom. The molecule has 8 heteroatoms. The second-order valence-electron chi connectivity index (χ2n) is 8.16. The first kappa shape index (κ1) is 22.8. The van der Waals surface area contributed by atoms with Gasteiger partial charge in [0.25, 0.3) is 0 Å². The number of ether oxygens (including phenoxy) is 3. The van der Waals surface area contributed by atoms with E-state index in [1.807, 2.05) is 0 Å². The van der Waals surface area contributed by atoms with Crippen LogP contribution >= 0.6 is 0 Å². The number of nitrogens with zero attached hydrogens (tertiary/aromatic N) is 1. The monoisotopic (exact) mass is 454 g/mol. The molecule has 0 radical (unpaired) electrons. The molecule has 1 N–H and O–H groups in total. The Labute approximate surface area is 191 Å². The zero-order valence-corrected chi connectivity index (χ0v) is 18.8. The predicted molar refractivity (Wildman–Crippen MR) is 123 cm³/mol. The summed E-state index contributed by atoms with van der Waals surface area (Å²) in [7, 11) is 3.03. The summed E-state index contributed by atoms with van der Waals surface area (Å²) in [6.07, 6.45) is 2.67. The Bertz CT molecular complexity index is 1160. The molecule has 2 heterocycles. The van der Waals surface area contributed by atoms with Gasteiger partial charge in [0, 0.05) is 18.1 Å². The van der Waals surface area contributed by atoms with Crippen molar-refractivity contribution in [3.05, 3.63) is 53.6 Å². The van der Waals surface area contributed by atoms with Crippen LogP contribution < -0.4 is 14.0 Å². The van der Waals surface area contributed by atoms with Crippen molar-refractivity contribution in [2.75, 3.05) is 34.1 Å². The van der Waals surface area contributed by atoms with Crippen molar-refractivity contribution < 1.29 is 33.3 Å². The van der Waals surface area contributed by atoms with Gasteiger partial charge in [-0.05, 0) is 49.9 Å². The molecular formula is C25H28NO7+. The smallest absolute Gasteiger partial charge is 0.497 e. The molecule has 4 rings (SSSR count). The van der Waals surface area contributed by atoms with E-state index >= 15 is 0 Å². The molecule has 1 amide bonds. The van der Waals surface area contributed by atoms with Crippen molar-refractivity contribution in [2.45, 2.75) is 25.7 Å². The number of fused-ring (bicyclic) bond motifs is 1. The van der Waals surface area contributed by atoms with Crippen LogP contribution in [0.4, 0.5) is 10.7 Å². The van der Waals surface area contributed by atoms with Crippen molar-refractivity contribution in [2.24, 2.45) is 0 Å². The van der Waals surface area contributed by atoms with Gasteiger partial charge in [-0.2, -0.15) is 9.28 Å². The van der Waals surface area contributed by atoms with Crippen LogP contribution in [-0.2, 0) is 4.74 Å². The summed E-state index contributed by atoms with van der Waals surface area (Å²) >= 11 is 0. The van der Waals surface area contributed by atoms with Crippen molar-refractivity contribution >= 4 is 28.7 Å². The predicted octanol–water partition coefficient (Wildman–Crippen LogP) is 5.21. The fraction of sp³-hybridized carbons (Fsp3) is 0.360. The van der Waals surface area contributed by atoms with Gasteiger partial charge in [-0.15, -0.1) is 0 Å². The average molecular weight is 454 g/mol. The summed E-state index contributed by atoms with van der Waals surface area (Å²) in [6, 6.07) is 11.9. The van der Waals surface area contributed by atoms with Gasteiger partial charge >= 0.3 is 12.0 Å². The lowest BCUT2D eigenvalue weighted by molar-refractivity contribution is 0.0503. The van der Waals surface area contributed by atoms with E-state index in [9.17, 15) is 14.7 Å². The highest BCUT2D eigenvalue weighted by atomic mass is 16.7. The van der Waals surface area contributed by atoms with Gasteiger partial charge in [-0.1, -0.05) is 12.1 Å². The Balaban J connectivity index is 1.81. The molecule has 0 unspecified atom stereocenters. The summed E-state index contributed by atoms with van der Waals surface area (Å²) in [5, 5.41) is 10.7. The van der Waals surface area contributed by atoms with Crippen LogP contribution in [0.1, 0.15) is 41.6 Å². The van der Waals surface area contributed by atoms with Gasteiger partial charge in [0.05, 0.1) is 31.8 Å². The zero-order valence-electron chi connectivity index (χ0n) is 18.8. The fourth-order valence-corrected chi connectivity index (χ4v) is 4.40. The maximum Gasteiger partial charge on any atom is 0.521 e. The van der Waals surface area contributed by atoms with Crippen molar-refractivity contribution in [1.29, 1.82) is 0 Å². The topological polar surface area (TPSA) is 95.2 Å². The molecule has 0 aliphatic carbocycles. The van der Waals surface area contributed by atoms with Crippen LogP contribution in [-0.4, -0.2) is 51.1 Å². The van der Waals surface area contributed by atoms with E-state index in [0.29, 0.717) is 52.6 Å². The number of carbonyl (C=O) groups excluding carboxylic acids is 1. The highest BCUT2D eigenvalue weighted by Gasteiger charge is 2.43. The van der Waals surface area contributed by atoms with E-state index in [2.05, 4.69) is 0 Å². The molecule has 3 aromatic rings. The number of ketones is 1. The summed E-state index contributed by atoms with van der Waals surface area (Å²) in [4.78, 5) is 26.0. The minimum absolute atomic E-state index is 0.00865. The maximum absolute atomic E-state index is 13.6. The zero-order chi connectivity index (χ0) is 23.4. The summed E-state index contributed by atoms with van der Waals surface area (Å²) in [5.74, 6) is 0.949. The number of amides is 1. The standard InChI is InChI=1S/C25H27NO7/c1-30-16-32-21-11-10-17(31-2)14-20(21)24(27)18-8-7-9-22-19(18)15-23(33-22)26(25(28)29)12-5-3-4-6-13-26/h7-11,14-15H,3-6,12-13,16H2,1-2H3/p+1. The molecule has 8 nitrogen and oxygen atoms in total. The fourth-order valence-electron chi connectivity index (χ4n) is 4.40. The lowest BCUT2D eigenvalue weighted by atomic mass is 9.99. The van der Waals surface area contributed by atoms with Crippen molar-refractivity contribution in [1.82, 2.24) is 4.48 Å². The van der Waals surface area contributed by atoms with Crippen molar-refractivity contribution in [3.8, 4) is 11.5 Å². The van der Waals surface area contributed by atoms with Crippen LogP contribution in [0.5, 0.6) is 11.5 Å². The molecule has 1 aliphatic rings. The first-order valence-electron chi connectivity index (χ1n) is 11.0. The molecule has 0 atom stereocenters. The van der Waals surface area contributed by atoms with Crippen LogP contribution in [0, 0.1) is 0 Å². The maximum atomic E-state index is 13.6. The average Bonchev–Trinajstić information content (AvgIpc) is 3.11. The largest absolute Gasteiger partial charge is 0.521 e. The molecule has 0 spiro atoms. The lowest BCUT2D eigenvalue weighted by Crippen LogP contribution is -2.54. The number of likely N-dealkylation sites (tertiary alicyclic amines) is 1. The first-order valence-corrected chi connectivity index (χ1v) is 11.0. The Hall–Kier alpha value is -3.36. The molecular weight excluding hydrogens is 426 g/mol. The van der Waals surface area contributed by atoms with Crippen LogP contribution in [0.15, 0.2) is 46.9 Å². The van der Waals surface area contributed by atoms with E-state index < -0.39 is 6.09 Å². The summed E-state index contributed by atoms with van der Waals surface area (Å²) in [5.41, 5.74) is 1.19. The molecule has 0 bridgehead atoms. The molecule has 0 saturated carbocycles. The molecule has 33 heavy (non-hydrogen) atoms. The lowest BCUT2D eigenvalue weighted by Gasteiger charge is -2.27. The number of carboxylic acid groups (broad SMARTS) is 1. The van der Waals surface area contributed by atoms with Gasteiger partial charge in [0.2, 0.25) is 0 Å². The number of benzene rings is 2. The van der Waals surface area contributed by atoms with E-state index in [4.69, 9.17) is 18.6 Å².